The molecule has 1 heterocycles. The van der Waals surface area contributed by atoms with Crippen LogP contribution in [0.2, 0.25) is 13.1 Å². The first-order valence-electron chi connectivity index (χ1n) is 13.3. The summed E-state index contributed by atoms with van der Waals surface area (Å²) in [5.41, 5.74) is 6.05. The van der Waals surface area contributed by atoms with Crippen molar-refractivity contribution in [1.29, 1.82) is 0 Å². The maximum Gasteiger partial charge on any atom is 0.115 e. The van der Waals surface area contributed by atoms with Gasteiger partial charge in [-0.2, -0.15) is 0 Å². The normalized spacial score (nSPS) is 17.7. The smallest absolute Gasteiger partial charge is 0.115 e. The number of allylic oxidation sites excluding steroid dienone is 5. The predicted molar refractivity (Wildman–Crippen MR) is 151 cm³/mol. The molecule has 4 heteroatoms. The molecule has 0 spiro atoms. The van der Waals surface area contributed by atoms with Gasteiger partial charge in [0.15, 0.2) is 0 Å². The van der Waals surface area contributed by atoms with Crippen LogP contribution < -0.4 is 5.19 Å². The number of phenols is 1. The Hall–Kier alpha value is -2.40. The lowest BCUT2D eigenvalue weighted by Crippen LogP contribution is -2.52. The molecule has 2 aromatic rings. The standard InChI is InChI=1S/C31H41NO2Si/c1-35(2,24-32-21-7-4-8-22-32)29-19-15-27(16-20-29)31(26-13-17-28(34)18-14-26)30(12-9-23-33)25-10-5-3-6-11-25/h5,10-11,13-20,33-34H,3-4,6-9,12,21-24H2,1-2H3/b31-30-. The van der Waals surface area contributed by atoms with Crippen molar-refractivity contribution in [3.05, 3.63) is 89.0 Å². The number of phenolic OH excluding ortho intramolecular Hbond substituents is 1. The van der Waals surface area contributed by atoms with E-state index in [2.05, 4.69) is 60.5 Å². The fourth-order valence-electron chi connectivity index (χ4n) is 5.51. The van der Waals surface area contributed by atoms with Gasteiger partial charge in [0.25, 0.3) is 0 Å². The molecule has 2 N–H and O–H groups in total. The Labute approximate surface area is 212 Å². The van der Waals surface area contributed by atoms with E-state index in [1.807, 2.05) is 12.1 Å². The summed E-state index contributed by atoms with van der Waals surface area (Å²) in [5.74, 6) is 0.280. The molecule has 0 aromatic heterocycles. The fourth-order valence-corrected chi connectivity index (χ4v) is 8.19. The van der Waals surface area contributed by atoms with E-state index in [-0.39, 0.29) is 12.4 Å². The lowest BCUT2D eigenvalue weighted by Gasteiger charge is -2.34. The van der Waals surface area contributed by atoms with Gasteiger partial charge in [-0.1, -0.05) is 79.3 Å². The Morgan fingerprint density at radius 3 is 2.14 bits per heavy atom. The SMILES string of the molecule is C[Si](C)(CN1CCCCC1)c1ccc(/C(=C(/CCCO)C2=CCCC=C2)c2ccc(O)cc2)cc1. The summed E-state index contributed by atoms with van der Waals surface area (Å²) >= 11 is 0. The third-order valence-electron chi connectivity index (χ3n) is 7.41. The van der Waals surface area contributed by atoms with Crippen LogP contribution in [0, 0.1) is 0 Å². The third kappa shape index (κ3) is 6.63. The highest BCUT2D eigenvalue weighted by Gasteiger charge is 2.27. The van der Waals surface area contributed by atoms with Crippen molar-refractivity contribution < 1.29 is 10.2 Å². The van der Waals surface area contributed by atoms with Gasteiger partial charge in [0.2, 0.25) is 0 Å². The van der Waals surface area contributed by atoms with Gasteiger partial charge in [0, 0.05) is 6.61 Å². The van der Waals surface area contributed by atoms with Crippen molar-refractivity contribution in [2.24, 2.45) is 0 Å². The first kappa shape index (κ1) is 25.7. The van der Waals surface area contributed by atoms with Crippen molar-refractivity contribution in [2.45, 2.75) is 58.0 Å². The van der Waals surface area contributed by atoms with Gasteiger partial charge in [-0.05, 0) is 97.8 Å². The largest absolute Gasteiger partial charge is 0.508 e. The van der Waals surface area contributed by atoms with Crippen LogP contribution in [0.15, 0.2) is 77.9 Å². The van der Waals surface area contributed by atoms with Gasteiger partial charge >= 0.3 is 0 Å². The highest BCUT2D eigenvalue weighted by Crippen LogP contribution is 2.35. The van der Waals surface area contributed by atoms with Crippen LogP contribution in [0.1, 0.15) is 56.1 Å². The van der Waals surface area contributed by atoms with E-state index in [9.17, 15) is 10.2 Å². The average molecular weight is 488 g/mol. The number of aromatic hydroxyl groups is 1. The number of hydrogen-bond donors (Lipinski definition) is 2. The number of benzene rings is 2. The second-order valence-electron chi connectivity index (χ2n) is 10.7. The first-order valence-corrected chi connectivity index (χ1v) is 16.5. The van der Waals surface area contributed by atoms with Crippen LogP contribution in [0.3, 0.4) is 0 Å². The quantitative estimate of drug-likeness (QED) is 0.415. The van der Waals surface area contributed by atoms with E-state index < -0.39 is 8.07 Å². The van der Waals surface area contributed by atoms with Crippen molar-refractivity contribution in [3.8, 4) is 5.75 Å². The summed E-state index contributed by atoms with van der Waals surface area (Å²) in [6.07, 6.45) is 15.8. The van der Waals surface area contributed by atoms with Gasteiger partial charge < -0.3 is 15.1 Å². The Balaban J connectivity index is 1.73. The van der Waals surface area contributed by atoms with Crippen LogP contribution in [0.5, 0.6) is 5.75 Å². The van der Waals surface area contributed by atoms with Crippen LogP contribution in [0.4, 0.5) is 0 Å². The summed E-state index contributed by atoms with van der Waals surface area (Å²) in [6, 6.07) is 16.9. The average Bonchev–Trinajstić information content (AvgIpc) is 2.88. The zero-order valence-corrected chi connectivity index (χ0v) is 22.5. The van der Waals surface area contributed by atoms with Crippen molar-refractivity contribution in [2.75, 3.05) is 25.9 Å². The Morgan fingerprint density at radius 2 is 1.54 bits per heavy atom. The van der Waals surface area contributed by atoms with Crippen LogP contribution in [-0.2, 0) is 0 Å². The van der Waals surface area contributed by atoms with Gasteiger partial charge in [-0.3, -0.25) is 0 Å². The summed E-state index contributed by atoms with van der Waals surface area (Å²) in [4.78, 5) is 2.68. The summed E-state index contributed by atoms with van der Waals surface area (Å²) in [7, 11) is -1.57. The number of aliphatic hydroxyl groups excluding tert-OH is 1. The second kappa shape index (κ2) is 12.0. The molecule has 4 rings (SSSR count). The minimum atomic E-state index is -1.57. The molecule has 0 saturated carbocycles. The molecule has 3 nitrogen and oxygen atoms in total. The predicted octanol–water partition coefficient (Wildman–Crippen LogP) is 6.18. The monoisotopic (exact) mass is 487 g/mol. The van der Waals surface area contributed by atoms with Crippen molar-refractivity contribution >= 4 is 18.8 Å². The topological polar surface area (TPSA) is 43.7 Å². The molecule has 2 aliphatic rings. The minimum absolute atomic E-state index is 0.179. The molecule has 1 aliphatic heterocycles. The zero-order chi connectivity index (χ0) is 24.7. The van der Waals surface area contributed by atoms with Crippen molar-refractivity contribution in [3.63, 3.8) is 0 Å². The maximum atomic E-state index is 9.93. The molecular weight excluding hydrogens is 446 g/mol. The van der Waals surface area contributed by atoms with E-state index in [1.165, 1.54) is 66.0 Å². The first-order chi connectivity index (χ1) is 17.0. The molecule has 35 heavy (non-hydrogen) atoms. The van der Waals surface area contributed by atoms with Gasteiger partial charge in [0.1, 0.15) is 5.75 Å². The number of piperidine rings is 1. The molecule has 0 atom stereocenters. The number of hydrogen-bond acceptors (Lipinski definition) is 3. The fraction of sp³-hybridized carbons (Fsp3) is 0.419. The Bertz CT molecular complexity index is 1060. The van der Waals surface area contributed by atoms with Crippen LogP contribution in [0.25, 0.3) is 5.57 Å². The molecule has 0 amide bonds. The van der Waals surface area contributed by atoms with E-state index in [0.29, 0.717) is 0 Å². The number of rotatable bonds is 9. The summed E-state index contributed by atoms with van der Waals surface area (Å²) < 4.78 is 0. The molecule has 186 valence electrons. The lowest BCUT2D eigenvalue weighted by molar-refractivity contribution is 0.260. The highest BCUT2D eigenvalue weighted by atomic mass is 28.3. The summed E-state index contributed by atoms with van der Waals surface area (Å²) in [6.45, 7) is 7.67. The number of aliphatic hydroxyl groups is 1. The van der Waals surface area contributed by atoms with E-state index in [4.69, 9.17) is 0 Å². The molecule has 1 fully saturated rings. The van der Waals surface area contributed by atoms with Gasteiger partial charge in [-0.25, -0.2) is 0 Å². The van der Waals surface area contributed by atoms with Crippen LogP contribution in [-0.4, -0.2) is 49.1 Å². The van der Waals surface area contributed by atoms with Gasteiger partial charge in [-0.15, -0.1) is 0 Å². The van der Waals surface area contributed by atoms with E-state index in [0.717, 1.165) is 31.2 Å². The Morgan fingerprint density at radius 1 is 0.886 bits per heavy atom. The number of nitrogens with zero attached hydrogens (tertiary/aromatic N) is 1. The van der Waals surface area contributed by atoms with E-state index >= 15 is 0 Å². The summed E-state index contributed by atoms with van der Waals surface area (Å²) in [5, 5.41) is 21.1. The molecule has 1 aliphatic carbocycles. The highest BCUT2D eigenvalue weighted by molar-refractivity contribution is 6.90. The Kier molecular flexibility index (Phi) is 8.82. The molecule has 0 bridgehead atoms. The minimum Gasteiger partial charge on any atom is -0.508 e. The third-order valence-corrected chi connectivity index (χ3v) is 10.5. The molecule has 0 unspecified atom stereocenters. The zero-order valence-electron chi connectivity index (χ0n) is 21.5. The molecule has 0 radical (unpaired) electrons. The number of likely N-dealkylation sites (tertiary alicyclic amines) is 1. The maximum absolute atomic E-state index is 9.93. The van der Waals surface area contributed by atoms with Crippen LogP contribution >= 0.6 is 0 Å². The van der Waals surface area contributed by atoms with Gasteiger partial charge in [0.05, 0.1) is 8.07 Å². The molecular formula is C31H41NO2Si. The molecule has 1 saturated heterocycles. The van der Waals surface area contributed by atoms with E-state index in [1.54, 1.807) is 12.1 Å². The molecule has 2 aromatic carbocycles. The second-order valence-corrected chi connectivity index (χ2v) is 15.3. The van der Waals surface area contributed by atoms with Crippen molar-refractivity contribution in [1.82, 2.24) is 4.90 Å². The lowest BCUT2D eigenvalue weighted by atomic mass is 9.85.